The summed E-state index contributed by atoms with van der Waals surface area (Å²) in [5, 5.41) is 7.24. The molecular formula is C12H19ClN4O2. The number of aromatic nitrogens is 2. The number of amides is 1. The Morgan fingerprint density at radius 3 is 2.84 bits per heavy atom. The highest BCUT2D eigenvalue weighted by Gasteiger charge is 2.31. The van der Waals surface area contributed by atoms with E-state index in [9.17, 15) is 4.79 Å². The Morgan fingerprint density at radius 1 is 1.47 bits per heavy atom. The van der Waals surface area contributed by atoms with E-state index in [0.29, 0.717) is 18.3 Å². The Morgan fingerprint density at radius 2 is 2.26 bits per heavy atom. The molecule has 0 aromatic carbocycles. The van der Waals surface area contributed by atoms with Crippen LogP contribution in [0.4, 0.5) is 0 Å². The van der Waals surface area contributed by atoms with Gasteiger partial charge in [-0.2, -0.15) is 4.98 Å². The van der Waals surface area contributed by atoms with Crippen LogP contribution in [0.25, 0.3) is 0 Å². The highest BCUT2D eigenvalue weighted by Crippen LogP contribution is 2.38. The number of hydrogen-bond acceptors (Lipinski definition) is 5. The zero-order valence-electron chi connectivity index (χ0n) is 11.0. The molecule has 0 bridgehead atoms. The first-order valence-corrected chi connectivity index (χ1v) is 6.54. The Balaban J connectivity index is 0.00000133. The van der Waals surface area contributed by atoms with Gasteiger partial charge in [0.1, 0.15) is 0 Å². The second-order valence-electron chi connectivity index (χ2n) is 5.12. The quantitative estimate of drug-likeness (QED) is 0.897. The van der Waals surface area contributed by atoms with Crippen LogP contribution in [-0.2, 0) is 11.3 Å². The Bertz CT molecular complexity index is 441. The molecule has 0 spiro atoms. The molecule has 3 rings (SSSR count). The van der Waals surface area contributed by atoms with Gasteiger partial charge in [0.25, 0.3) is 0 Å². The van der Waals surface area contributed by atoms with Crippen LogP contribution in [0, 0.1) is 0 Å². The second kappa shape index (κ2) is 5.88. The van der Waals surface area contributed by atoms with Gasteiger partial charge in [0, 0.05) is 25.4 Å². The summed E-state index contributed by atoms with van der Waals surface area (Å²) in [6, 6.07) is 0.255. The molecule has 6 nitrogen and oxygen atoms in total. The number of rotatable bonds is 4. The number of hydrogen-bond donors (Lipinski definition) is 1. The lowest BCUT2D eigenvalue weighted by molar-refractivity contribution is -0.131. The van der Waals surface area contributed by atoms with E-state index in [-0.39, 0.29) is 24.4 Å². The van der Waals surface area contributed by atoms with Gasteiger partial charge in [0.15, 0.2) is 5.82 Å². The molecule has 1 amide bonds. The second-order valence-corrected chi connectivity index (χ2v) is 5.12. The first-order valence-electron chi connectivity index (χ1n) is 6.54. The lowest BCUT2D eigenvalue weighted by atomic mass is 10.2. The van der Waals surface area contributed by atoms with E-state index in [1.807, 2.05) is 4.90 Å². The van der Waals surface area contributed by atoms with Crippen molar-refractivity contribution in [3.05, 3.63) is 11.7 Å². The maximum atomic E-state index is 11.7. The van der Waals surface area contributed by atoms with E-state index in [2.05, 4.69) is 15.5 Å². The molecule has 0 radical (unpaired) electrons. The maximum Gasteiger partial charge on any atom is 0.229 e. The van der Waals surface area contributed by atoms with Gasteiger partial charge in [-0.15, -0.1) is 12.4 Å². The molecule has 1 atom stereocenters. The highest BCUT2D eigenvalue weighted by atomic mass is 35.5. The zero-order chi connectivity index (χ0) is 12.5. The van der Waals surface area contributed by atoms with Gasteiger partial charge in [0.05, 0.1) is 6.54 Å². The third-order valence-corrected chi connectivity index (χ3v) is 3.60. The monoisotopic (exact) mass is 286 g/mol. The van der Waals surface area contributed by atoms with Gasteiger partial charge < -0.3 is 14.7 Å². The smallest absolute Gasteiger partial charge is 0.229 e. The molecule has 2 heterocycles. The minimum absolute atomic E-state index is 0. The predicted molar refractivity (Wildman–Crippen MR) is 71.0 cm³/mol. The van der Waals surface area contributed by atoms with Crippen molar-refractivity contribution in [3.63, 3.8) is 0 Å². The summed E-state index contributed by atoms with van der Waals surface area (Å²) in [5.74, 6) is 1.89. The van der Waals surface area contributed by atoms with Gasteiger partial charge in [-0.1, -0.05) is 5.16 Å². The Kier molecular flexibility index (Phi) is 4.42. The molecular weight excluding hydrogens is 268 g/mol. The number of nitrogens with one attached hydrogen (secondary N) is 1. The van der Waals surface area contributed by atoms with Crippen molar-refractivity contribution in [1.82, 2.24) is 20.4 Å². The number of halogens is 1. The topological polar surface area (TPSA) is 71.3 Å². The fraction of sp³-hybridized carbons (Fsp3) is 0.750. The fourth-order valence-electron chi connectivity index (χ4n) is 2.38. The Labute approximate surface area is 118 Å². The molecule has 1 saturated heterocycles. The first kappa shape index (κ1) is 14.3. The van der Waals surface area contributed by atoms with Crippen LogP contribution in [0.2, 0.25) is 0 Å². The van der Waals surface area contributed by atoms with E-state index in [1.54, 1.807) is 6.92 Å². The molecule has 1 saturated carbocycles. The van der Waals surface area contributed by atoms with Crippen molar-refractivity contribution in [2.45, 2.75) is 44.7 Å². The summed E-state index contributed by atoms with van der Waals surface area (Å²) in [5.41, 5.74) is 0. The van der Waals surface area contributed by atoms with Crippen LogP contribution in [0.5, 0.6) is 0 Å². The van der Waals surface area contributed by atoms with Crippen LogP contribution < -0.4 is 5.32 Å². The van der Waals surface area contributed by atoms with E-state index < -0.39 is 0 Å². The van der Waals surface area contributed by atoms with Crippen LogP contribution in [0.1, 0.15) is 43.8 Å². The van der Waals surface area contributed by atoms with Crippen LogP contribution >= 0.6 is 12.4 Å². The maximum absolute atomic E-state index is 11.7. The van der Waals surface area contributed by atoms with Gasteiger partial charge in [-0.3, -0.25) is 4.79 Å². The van der Waals surface area contributed by atoms with Crippen molar-refractivity contribution in [3.8, 4) is 0 Å². The molecule has 1 unspecified atom stereocenters. The summed E-state index contributed by atoms with van der Waals surface area (Å²) in [6.07, 6.45) is 3.28. The lowest BCUT2D eigenvalue weighted by Gasteiger charge is -2.25. The molecule has 1 aromatic rings. The molecule has 19 heavy (non-hydrogen) atoms. The number of nitrogens with zero attached hydrogens (tertiary/aromatic N) is 3. The Hall–Kier alpha value is -1.14. The summed E-state index contributed by atoms with van der Waals surface area (Å²) >= 11 is 0. The molecule has 2 fully saturated rings. The van der Waals surface area contributed by atoms with Crippen molar-refractivity contribution in [2.75, 3.05) is 13.1 Å². The fourth-order valence-corrected chi connectivity index (χ4v) is 2.38. The molecule has 1 aliphatic heterocycles. The van der Waals surface area contributed by atoms with Crippen LogP contribution in [0.3, 0.4) is 0 Å². The molecule has 7 heteroatoms. The van der Waals surface area contributed by atoms with Gasteiger partial charge >= 0.3 is 0 Å². The number of carbonyl (C=O) groups excluding carboxylic acids is 1. The van der Waals surface area contributed by atoms with Gasteiger partial charge in [0.2, 0.25) is 11.8 Å². The highest BCUT2D eigenvalue weighted by molar-refractivity contribution is 5.85. The van der Waals surface area contributed by atoms with Crippen molar-refractivity contribution < 1.29 is 9.32 Å². The molecule has 1 aromatic heterocycles. The minimum Gasteiger partial charge on any atom is -0.339 e. The average molecular weight is 287 g/mol. The third kappa shape index (κ3) is 3.25. The van der Waals surface area contributed by atoms with Crippen molar-refractivity contribution >= 4 is 18.3 Å². The standard InChI is InChI=1S/C12H18N4O2.ClH/c1-8(17)16(10-4-5-13-6-10)7-11-14-12(18-15-11)9-2-3-9;/h9-10,13H,2-7H2,1H3;1H. The van der Waals surface area contributed by atoms with Crippen molar-refractivity contribution in [1.29, 1.82) is 0 Å². The van der Waals surface area contributed by atoms with Crippen molar-refractivity contribution in [2.24, 2.45) is 0 Å². The van der Waals surface area contributed by atoms with Crippen LogP contribution in [0.15, 0.2) is 4.52 Å². The number of carbonyl (C=O) groups is 1. The van der Waals surface area contributed by atoms with Gasteiger partial charge in [-0.25, -0.2) is 0 Å². The summed E-state index contributed by atoms with van der Waals surface area (Å²) in [4.78, 5) is 17.9. The largest absolute Gasteiger partial charge is 0.339 e. The molecule has 1 aliphatic carbocycles. The van der Waals surface area contributed by atoms with Crippen LogP contribution in [-0.4, -0.2) is 40.1 Å². The van der Waals surface area contributed by atoms with E-state index >= 15 is 0 Å². The zero-order valence-corrected chi connectivity index (χ0v) is 11.8. The molecule has 1 N–H and O–H groups in total. The lowest BCUT2D eigenvalue weighted by Crippen LogP contribution is -2.39. The molecule has 2 aliphatic rings. The SMILES string of the molecule is CC(=O)N(Cc1noc(C2CC2)n1)C1CCNC1.Cl. The predicted octanol–water partition coefficient (Wildman–Crippen LogP) is 1.08. The summed E-state index contributed by atoms with van der Waals surface area (Å²) in [7, 11) is 0. The third-order valence-electron chi connectivity index (χ3n) is 3.60. The van der Waals surface area contributed by atoms with E-state index in [4.69, 9.17) is 4.52 Å². The van der Waals surface area contributed by atoms with E-state index in [1.165, 1.54) is 0 Å². The normalized spacial score (nSPS) is 22.1. The summed E-state index contributed by atoms with van der Waals surface area (Å²) in [6.45, 7) is 3.87. The van der Waals surface area contributed by atoms with E-state index in [0.717, 1.165) is 38.2 Å². The van der Waals surface area contributed by atoms with Gasteiger partial charge in [-0.05, 0) is 25.8 Å². The first-order chi connectivity index (χ1) is 8.74. The average Bonchev–Trinajstić information content (AvgIpc) is 2.89. The molecule has 106 valence electrons. The minimum atomic E-state index is 0. The summed E-state index contributed by atoms with van der Waals surface area (Å²) < 4.78 is 5.22.